The molecule has 2 saturated heterocycles. The fourth-order valence-corrected chi connectivity index (χ4v) is 5.75. The molecule has 1 N–H and O–H groups in total. The summed E-state index contributed by atoms with van der Waals surface area (Å²) in [5.41, 5.74) is 0.958. The lowest BCUT2D eigenvalue weighted by Crippen LogP contribution is -2.45. The molecule has 2 unspecified atom stereocenters. The standard InChI is InChI=1S/C23H30N4O5S/c1-17-15-26(16-18(2)32-17)22-8-7-19(13-24-22)14-25-23(28)20-5-3-4-6-21(20)33(29,30)27-9-11-31-12-10-27/h3-8,13,17-18H,9-12,14-16H2,1-2H3,(H,25,28). The number of aromatic nitrogens is 1. The van der Waals surface area contributed by atoms with Crippen molar-refractivity contribution < 1.29 is 22.7 Å². The molecule has 0 radical (unpaired) electrons. The molecule has 3 heterocycles. The number of nitrogens with one attached hydrogen (secondary N) is 1. The third kappa shape index (κ3) is 5.52. The van der Waals surface area contributed by atoms with E-state index in [4.69, 9.17) is 9.47 Å². The number of morpholine rings is 2. The Morgan fingerprint density at radius 2 is 1.79 bits per heavy atom. The highest BCUT2D eigenvalue weighted by molar-refractivity contribution is 7.89. The molecule has 1 aromatic heterocycles. The van der Waals surface area contributed by atoms with E-state index in [0.717, 1.165) is 24.5 Å². The third-order valence-electron chi connectivity index (χ3n) is 5.73. The second-order valence-corrected chi connectivity index (χ2v) is 10.3. The van der Waals surface area contributed by atoms with Gasteiger partial charge in [-0.3, -0.25) is 4.79 Å². The van der Waals surface area contributed by atoms with E-state index in [0.29, 0.717) is 13.2 Å². The summed E-state index contributed by atoms with van der Waals surface area (Å²) in [5.74, 6) is 0.427. The van der Waals surface area contributed by atoms with Crippen LogP contribution in [0.3, 0.4) is 0 Å². The van der Waals surface area contributed by atoms with Crippen molar-refractivity contribution in [2.45, 2.75) is 37.5 Å². The Kier molecular flexibility index (Phi) is 7.28. The topological polar surface area (TPSA) is 101 Å². The molecular weight excluding hydrogens is 444 g/mol. The number of sulfonamides is 1. The van der Waals surface area contributed by atoms with Gasteiger partial charge in [0.05, 0.1) is 35.9 Å². The number of anilines is 1. The normalized spacial score (nSPS) is 22.2. The molecule has 33 heavy (non-hydrogen) atoms. The van der Waals surface area contributed by atoms with E-state index in [1.165, 1.54) is 16.4 Å². The van der Waals surface area contributed by atoms with E-state index < -0.39 is 15.9 Å². The number of rotatable bonds is 6. The molecule has 2 aliphatic heterocycles. The van der Waals surface area contributed by atoms with Gasteiger partial charge in [0.1, 0.15) is 5.82 Å². The highest BCUT2D eigenvalue weighted by Gasteiger charge is 2.30. The van der Waals surface area contributed by atoms with Gasteiger partial charge in [-0.25, -0.2) is 13.4 Å². The lowest BCUT2D eigenvalue weighted by molar-refractivity contribution is -0.00546. The van der Waals surface area contributed by atoms with Crippen LogP contribution in [0.2, 0.25) is 0 Å². The number of nitrogens with zero attached hydrogens (tertiary/aromatic N) is 3. The lowest BCUT2D eigenvalue weighted by Gasteiger charge is -2.36. The average molecular weight is 475 g/mol. The minimum Gasteiger partial charge on any atom is -0.379 e. The zero-order chi connectivity index (χ0) is 23.4. The van der Waals surface area contributed by atoms with Crippen LogP contribution in [0.4, 0.5) is 5.82 Å². The predicted octanol–water partition coefficient (Wildman–Crippen LogP) is 1.65. The zero-order valence-corrected chi connectivity index (χ0v) is 19.8. The number of ether oxygens (including phenoxy) is 2. The van der Waals surface area contributed by atoms with Gasteiger partial charge in [0.15, 0.2) is 0 Å². The maximum absolute atomic E-state index is 13.1. The molecule has 4 rings (SSSR count). The minimum absolute atomic E-state index is 0.00781. The SMILES string of the molecule is CC1CN(c2ccc(CNC(=O)c3ccccc3S(=O)(=O)N3CCOCC3)cn2)CC(C)O1. The first-order chi connectivity index (χ1) is 15.8. The predicted molar refractivity (Wildman–Crippen MR) is 124 cm³/mol. The second kappa shape index (κ2) is 10.2. The molecule has 9 nitrogen and oxygen atoms in total. The molecule has 0 aliphatic carbocycles. The summed E-state index contributed by atoms with van der Waals surface area (Å²) in [5, 5.41) is 2.82. The highest BCUT2D eigenvalue weighted by Crippen LogP contribution is 2.22. The molecule has 1 aromatic carbocycles. The van der Waals surface area contributed by atoms with Crippen LogP contribution < -0.4 is 10.2 Å². The molecule has 2 fully saturated rings. The number of hydrogen-bond donors (Lipinski definition) is 1. The van der Waals surface area contributed by atoms with Crippen molar-refractivity contribution in [3.8, 4) is 0 Å². The molecule has 178 valence electrons. The van der Waals surface area contributed by atoms with Crippen molar-refractivity contribution in [3.63, 3.8) is 0 Å². The molecule has 2 aromatic rings. The summed E-state index contributed by atoms with van der Waals surface area (Å²) in [6.45, 7) is 7.14. The van der Waals surface area contributed by atoms with Gasteiger partial charge in [0.25, 0.3) is 5.91 Å². The fraction of sp³-hybridized carbons (Fsp3) is 0.478. The van der Waals surface area contributed by atoms with Crippen molar-refractivity contribution in [1.82, 2.24) is 14.6 Å². The van der Waals surface area contributed by atoms with E-state index >= 15 is 0 Å². The van der Waals surface area contributed by atoms with Crippen LogP contribution >= 0.6 is 0 Å². The van der Waals surface area contributed by atoms with Crippen LogP contribution in [0.15, 0.2) is 47.5 Å². The average Bonchev–Trinajstić information content (AvgIpc) is 2.83. The number of carbonyl (C=O) groups excluding carboxylic acids is 1. The van der Waals surface area contributed by atoms with E-state index in [1.807, 2.05) is 26.0 Å². The Labute approximate surface area is 194 Å². The van der Waals surface area contributed by atoms with E-state index in [-0.39, 0.29) is 42.3 Å². The maximum atomic E-state index is 13.1. The number of hydrogen-bond acceptors (Lipinski definition) is 7. The summed E-state index contributed by atoms with van der Waals surface area (Å²) < 4.78 is 38.6. The maximum Gasteiger partial charge on any atom is 0.252 e. The molecule has 0 saturated carbocycles. The van der Waals surface area contributed by atoms with Gasteiger partial charge < -0.3 is 19.7 Å². The van der Waals surface area contributed by atoms with Crippen molar-refractivity contribution >= 4 is 21.7 Å². The molecule has 10 heteroatoms. The summed E-state index contributed by atoms with van der Waals surface area (Å²) >= 11 is 0. The fourth-order valence-electron chi connectivity index (χ4n) is 4.16. The van der Waals surface area contributed by atoms with Gasteiger partial charge in [0.2, 0.25) is 10.0 Å². The lowest BCUT2D eigenvalue weighted by atomic mass is 10.2. The Hall–Kier alpha value is -2.53. The Balaban J connectivity index is 1.42. The van der Waals surface area contributed by atoms with Gasteiger partial charge in [-0.2, -0.15) is 4.31 Å². The Morgan fingerprint density at radius 1 is 1.09 bits per heavy atom. The van der Waals surface area contributed by atoms with Gasteiger partial charge in [-0.1, -0.05) is 18.2 Å². The number of benzene rings is 1. The molecule has 1 amide bonds. The Bertz CT molecular complexity index is 1060. The molecule has 2 atom stereocenters. The molecule has 0 spiro atoms. The zero-order valence-electron chi connectivity index (χ0n) is 18.9. The van der Waals surface area contributed by atoms with Gasteiger partial charge in [-0.05, 0) is 37.6 Å². The number of carbonyl (C=O) groups is 1. The smallest absolute Gasteiger partial charge is 0.252 e. The monoisotopic (exact) mass is 474 g/mol. The summed E-state index contributed by atoms with van der Waals surface area (Å²) in [4.78, 5) is 19.6. The van der Waals surface area contributed by atoms with Crippen molar-refractivity contribution in [1.29, 1.82) is 0 Å². The van der Waals surface area contributed by atoms with Crippen LogP contribution in [-0.4, -0.2) is 75.2 Å². The van der Waals surface area contributed by atoms with Crippen LogP contribution in [0, 0.1) is 0 Å². The highest BCUT2D eigenvalue weighted by atomic mass is 32.2. The van der Waals surface area contributed by atoms with Crippen molar-refractivity contribution in [2.24, 2.45) is 0 Å². The number of amides is 1. The van der Waals surface area contributed by atoms with E-state index in [1.54, 1.807) is 18.3 Å². The summed E-state index contributed by atoms with van der Waals surface area (Å²) in [7, 11) is -3.78. The summed E-state index contributed by atoms with van der Waals surface area (Å²) in [6.07, 6.45) is 2.02. The first kappa shape index (κ1) is 23.6. The van der Waals surface area contributed by atoms with Crippen LogP contribution in [-0.2, 0) is 26.0 Å². The van der Waals surface area contributed by atoms with E-state index in [2.05, 4.69) is 15.2 Å². The largest absolute Gasteiger partial charge is 0.379 e. The van der Waals surface area contributed by atoms with E-state index in [9.17, 15) is 13.2 Å². The van der Waals surface area contributed by atoms with Gasteiger partial charge in [-0.15, -0.1) is 0 Å². The summed E-state index contributed by atoms with van der Waals surface area (Å²) in [6, 6.07) is 10.1. The second-order valence-electron chi connectivity index (χ2n) is 8.38. The van der Waals surface area contributed by atoms with Crippen molar-refractivity contribution in [3.05, 3.63) is 53.7 Å². The third-order valence-corrected chi connectivity index (χ3v) is 7.68. The Morgan fingerprint density at radius 3 is 2.45 bits per heavy atom. The number of pyridine rings is 1. The van der Waals surface area contributed by atoms with Crippen LogP contribution in [0.25, 0.3) is 0 Å². The first-order valence-corrected chi connectivity index (χ1v) is 12.6. The van der Waals surface area contributed by atoms with Crippen LogP contribution in [0.5, 0.6) is 0 Å². The van der Waals surface area contributed by atoms with Gasteiger partial charge in [0, 0.05) is 38.9 Å². The van der Waals surface area contributed by atoms with Crippen molar-refractivity contribution in [2.75, 3.05) is 44.3 Å². The minimum atomic E-state index is -3.78. The van der Waals surface area contributed by atoms with Crippen LogP contribution in [0.1, 0.15) is 29.8 Å². The first-order valence-electron chi connectivity index (χ1n) is 11.1. The molecule has 0 bridgehead atoms. The van der Waals surface area contributed by atoms with Gasteiger partial charge >= 0.3 is 0 Å². The quantitative estimate of drug-likeness (QED) is 0.679. The molecular formula is C23H30N4O5S. The molecule has 2 aliphatic rings.